The standard InChI is InChI=1S/C24H22N6O/c1-16-11-18(29-23-17(13-26-14-27-23)7-8-24(25)9-10-24)3-6-22(16)31-19-4-5-21-20(12-19)28-15-30(21)2/h3-6,11-15H,9-10,25H2,1-2H3,(H,26,27,29). The second kappa shape index (κ2) is 7.42. The average Bonchev–Trinajstić information content (AvgIpc) is 3.40. The summed E-state index contributed by atoms with van der Waals surface area (Å²) in [4.78, 5) is 12.8. The monoisotopic (exact) mass is 410 g/mol. The Bertz CT molecular complexity index is 1340. The number of nitrogens with two attached hydrogens (primary N) is 1. The van der Waals surface area contributed by atoms with Gasteiger partial charge in [0, 0.05) is 25.0 Å². The summed E-state index contributed by atoms with van der Waals surface area (Å²) >= 11 is 0. The van der Waals surface area contributed by atoms with E-state index in [1.165, 1.54) is 6.33 Å². The Hall–Kier alpha value is -3.89. The summed E-state index contributed by atoms with van der Waals surface area (Å²) in [5.41, 5.74) is 10.3. The molecule has 1 fully saturated rings. The fourth-order valence-corrected chi connectivity index (χ4v) is 3.26. The summed E-state index contributed by atoms with van der Waals surface area (Å²) in [6.07, 6.45) is 6.87. The molecule has 0 saturated heterocycles. The molecule has 0 atom stereocenters. The molecule has 2 aromatic heterocycles. The zero-order valence-electron chi connectivity index (χ0n) is 17.4. The van der Waals surface area contributed by atoms with Gasteiger partial charge in [-0.15, -0.1) is 0 Å². The highest BCUT2D eigenvalue weighted by Gasteiger charge is 2.36. The Morgan fingerprint density at radius 3 is 2.84 bits per heavy atom. The summed E-state index contributed by atoms with van der Waals surface area (Å²) in [6, 6.07) is 11.8. The maximum atomic E-state index is 6.10. The zero-order chi connectivity index (χ0) is 21.4. The number of anilines is 2. The summed E-state index contributed by atoms with van der Waals surface area (Å²) < 4.78 is 8.08. The van der Waals surface area contributed by atoms with Crippen molar-refractivity contribution in [3.63, 3.8) is 0 Å². The first-order chi connectivity index (χ1) is 15.0. The van der Waals surface area contributed by atoms with Gasteiger partial charge >= 0.3 is 0 Å². The second-order valence-electron chi connectivity index (χ2n) is 7.90. The number of benzene rings is 2. The van der Waals surface area contributed by atoms with Gasteiger partial charge in [-0.2, -0.15) is 0 Å². The van der Waals surface area contributed by atoms with E-state index in [4.69, 9.17) is 10.5 Å². The predicted octanol–water partition coefficient (Wildman–Crippen LogP) is 4.05. The Labute approximate surface area is 180 Å². The molecule has 4 aromatic rings. The van der Waals surface area contributed by atoms with Crippen LogP contribution < -0.4 is 15.8 Å². The van der Waals surface area contributed by atoms with Crippen LogP contribution in [0.3, 0.4) is 0 Å². The number of hydrogen-bond donors (Lipinski definition) is 2. The van der Waals surface area contributed by atoms with Crippen LogP contribution in [0.5, 0.6) is 11.5 Å². The van der Waals surface area contributed by atoms with E-state index in [0.717, 1.165) is 52.2 Å². The van der Waals surface area contributed by atoms with Gasteiger partial charge in [-0.1, -0.05) is 11.8 Å². The highest BCUT2D eigenvalue weighted by atomic mass is 16.5. The van der Waals surface area contributed by atoms with Crippen molar-refractivity contribution in [2.45, 2.75) is 25.3 Å². The molecule has 31 heavy (non-hydrogen) atoms. The van der Waals surface area contributed by atoms with Gasteiger partial charge in [0.05, 0.1) is 28.5 Å². The van der Waals surface area contributed by atoms with E-state index >= 15 is 0 Å². The zero-order valence-corrected chi connectivity index (χ0v) is 17.4. The van der Waals surface area contributed by atoms with E-state index in [2.05, 4.69) is 32.1 Å². The van der Waals surface area contributed by atoms with Gasteiger partial charge in [0.25, 0.3) is 0 Å². The van der Waals surface area contributed by atoms with E-state index in [-0.39, 0.29) is 5.54 Å². The fourth-order valence-electron chi connectivity index (χ4n) is 3.26. The van der Waals surface area contributed by atoms with Crippen molar-refractivity contribution >= 4 is 22.5 Å². The number of ether oxygens (including phenoxy) is 1. The molecule has 154 valence electrons. The van der Waals surface area contributed by atoms with Crippen LogP contribution in [0.4, 0.5) is 11.5 Å². The summed E-state index contributed by atoms with van der Waals surface area (Å²) in [7, 11) is 1.97. The Morgan fingerprint density at radius 2 is 2.03 bits per heavy atom. The van der Waals surface area contributed by atoms with E-state index < -0.39 is 0 Å². The molecule has 3 N–H and O–H groups in total. The maximum Gasteiger partial charge on any atom is 0.149 e. The molecule has 7 nitrogen and oxygen atoms in total. The quantitative estimate of drug-likeness (QED) is 0.493. The lowest BCUT2D eigenvalue weighted by Crippen LogP contribution is -2.18. The van der Waals surface area contributed by atoms with Gasteiger partial charge in [0.2, 0.25) is 0 Å². The van der Waals surface area contributed by atoms with E-state index in [1.54, 1.807) is 12.5 Å². The molecule has 0 radical (unpaired) electrons. The molecule has 7 heteroatoms. The lowest BCUT2D eigenvalue weighted by Gasteiger charge is -2.12. The fraction of sp³-hybridized carbons (Fsp3) is 0.208. The van der Waals surface area contributed by atoms with Gasteiger partial charge < -0.3 is 20.4 Å². The molecule has 1 aliphatic carbocycles. The first-order valence-corrected chi connectivity index (χ1v) is 10.1. The van der Waals surface area contributed by atoms with Crippen molar-refractivity contribution in [2.24, 2.45) is 12.8 Å². The lowest BCUT2D eigenvalue weighted by atomic mass is 10.2. The third kappa shape index (κ3) is 4.06. The number of aryl methyl sites for hydroxylation is 2. The molecule has 0 spiro atoms. The highest BCUT2D eigenvalue weighted by Crippen LogP contribution is 2.32. The minimum absolute atomic E-state index is 0.346. The van der Waals surface area contributed by atoms with E-state index in [9.17, 15) is 0 Å². The number of fused-ring (bicyclic) bond motifs is 1. The Morgan fingerprint density at radius 1 is 1.16 bits per heavy atom. The van der Waals surface area contributed by atoms with Crippen LogP contribution in [-0.4, -0.2) is 25.1 Å². The molecule has 1 saturated carbocycles. The van der Waals surface area contributed by atoms with Gasteiger partial charge in [-0.05, 0) is 55.7 Å². The van der Waals surface area contributed by atoms with Crippen molar-refractivity contribution in [3.05, 3.63) is 66.4 Å². The molecule has 2 aromatic carbocycles. The first kappa shape index (κ1) is 19.1. The smallest absolute Gasteiger partial charge is 0.149 e. The molecule has 1 aliphatic rings. The van der Waals surface area contributed by atoms with E-state index in [0.29, 0.717) is 5.82 Å². The van der Waals surface area contributed by atoms with Crippen LogP contribution in [0.1, 0.15) is 24.0 Å². The lowest BCUT2D eigenvalue weighted by molar-refractivity contribution is 0.479. The predicted molar refractivity (Wildman–Crippen MR) is 120 cm³/mol. The topological polar surface area (TPSA) is 90.9 Å². The number of imidazole rings is 1. The number of hydrogen-bond acceptors (Lipinski definition) is 6. The minimum Gasteiger partial charge on any atom is -0.457 e. The van der Waals surface area contributed by atoms with Gasteiger partial charge in [-0.25, -0.2) is 15.0 Å². The van der Waals surface area contributed by atoms with Crippen molar-refractivity contribution in [3.8, 4) is 23.3 Å². The van der Waals surface area contributed by atoms with Crippen LogP contribution in [0.2, 0.25) is 0 Å². The normalized spacial score (nSPS) is 14.0. The third-order valence-corrected chi connectivity index (χ3v) is 5.31. The number of nitrogens with zero attached hydrogens (tertiary/aromatic N) is 4. The molecule has 5 rings (SSSR count). The summed E-state index contributed by atoms with van der Waals surface area (Å²) in [5, 5.41) is 3.33. The van der Waals surface area contributed by atoms with Gasteiger partial charge in [0.1, 0.15) is 23.6 Å². The van der Waals surface area contributed by atoms with E-state index in [1.807, 2.05) is 54.9 Å². The molecule has 0 amide bonds. The van der Waals surface area contributed by atoms with Crippen LogP contribution in [-0.2, 0) is 7.05 Å². The van der Waals surface area contributed by atoms with Crippen LogP contribution in [0.15, 0.2) is 55.2 Å². The second-order valence-corrected chi connectivity index (χ2v) is 7.90. The van der Waals surface area contributed by atoms with Crippen LogP contribution in [0, 0.1) is 18.8 Å². The molecule has 0 aliphatic heterocycles. The molecular weight excluding hydrogens is 388 g/mol. The largest absolute Gasteiger partial charge is 0.457 e. The first-order valence-electron chi connectivity index (χ1n) is 10.1. The third-order valence-electron chi connectivity index (χ3n) is 5.31. The van der Waals surface area contributed by atoms with Crippen molar-refractivity contribution in [2.75, 3.05) is 5.32 Å². The highest BCUT2D eigenvalue weighted by molar-refractivity contribution is 5.77. The summed E-state index contributed by atoms with van der Waals surface area (Å²) in [5.74, 6) is 8.42. The summed E-state index contributed by atoms with van der Waals surface area (Å²) in [6.45, 7) is 2.01. The molecule has 0 unspecified atom stereocenters. The van der Waals surface area contributed by atoms with Crippen molar-refractivity contribution in [1.29, 1.82) is 0 Å². The van der Waals surface area contributed by atoms with Crippen molar-refractivity contribution < 1.29 is 4.74 Å². The Kier molecular flexibility index (Phi) is 4.57. The Balaban J connectivity index is 1.35. The molecule has 0 bridgehead atoms. The number of aromatic nitrogens is 4. The van der Waals surface area contributed by atoms with Crippen molar-refractivity contribution in [1.82, 2.24) is 19.5 Å². The van der Waals surface area contributed by atoms with Crippen LogP contribution in [0.25, 0.3) is 11.0 Å². The van der Waals surface area contributed by atoms with Gasteiger partial charge in [0.15, 0.2) is 0 Å². The maximum absolute atomic E-state index is 6.10. The van der Waals surface area contributed by atoms with Crippen LogP contribution >= 0.6 is 0 Å². The number of rotatable bonds is 4. The average molecular weight is 410 g/mol. The molecular formula is C24H22N6O. The van der Waals surface area contributed by atoms with Gasteiger partial charge in [-0.3, -0.25) is 0 Å². The molecule has 2 heterocycles. The SMILES string of the molecule is Cc1cc(Nc2ncncc2C#CC2(N)CC2)ccc1Oc1ccc2c(c1)ncn2C. The number of nitrogens with one attached hydrogen (secondary N) is 1. The minimum atomic E-state index is -0.346.